The number of hydrogen-bond donors (Lipinski definition) is 2. The van der Waals surface area contributed by atoms with Crippen molar-refractivity contribution in [2.75, 3.05) is 50.9 Å². The van der Waals surface area contributed by atoms with Crippen molar-refractivity contribution >= 4 is 27.5 Å². The number of sulfonamides is 1. The quantitative estimate of drug-likeness (QED) is 0.574. The van der Waals surface area contributed by atoms with Crippen LogP contribution in [0.4, 0.5) is 5.69 Å². The molecular weight excluding hydrogens is 468 g/mol. The molecule has 2 N–H and O–H groups in total. The number of rotatable bonds is 8. The third-order valence-electron chi connectivity index (χ3n) is 6.36. The molecule has 0 saturated carbocycles. The summed E-state index contributed by atoms with van der Waals surface area (Å²) in [5.74, 6) is -0.541. The molecular formula is C25H32N4O5S. The fourth-order valence-electron chi connectivity index (χ4n) is 4.33. The van der Waals surface area contributed by atoms with E-state index in [1.807, 2.05) is 12.1 Å². The average Bonchev–Trinajstić information content (AvgIpc) is 3.37. The number of hydrogen-bond acceptors (Lipinski definition) is 6. The molecule has 0 aromatic heterocycles. The van der Waals surface area contributed by atoms with E-state index in [1.54, 1.807) is 36.4 Å². The molecule has 0 radical (unpaired) electrons. The molecule has 1 unspecified atom stereocenters. The number of ether oxygens (including phenoxy) is 1. The Labute approximate surface area is 206 Å². The molecule has 10 heteroatoms. The Bertz CT molecular complexity index is 1140. The van der Waals surface area contributed by atoms with Crippen LogP contribution in [-0.4, -0.2) is 81.1 Å². The molecule has 2 aliphatic heterocycles. The third kappa shape index (κ3) is 6.88. The van der Waals surface area contributed by atoms with E-state index in [0.717, 1.165) is 25.0 Å². The third-order valence-corrected chi connectivity index (χ3v) is 7.66. The number of nitrogens with one attached hydrogen (secondary N) is 2. The zero-order valence-corrected chi connectivity index (χ0v) is 20.7. The number of nitrogens with zero attached hydrogens (tertiary/aromatic N) is 2. The Morgan fingerprint density at radius 1 is 1.00 bits per heavy atom. The molecule has 0 spiro atoms. The van der Waals surface area contributed by atoms with Crippen LogP contribution in [0.15, 0.2) is 48.5 Å². The average molecular weight is 501 g/mol. The predicted molar refractivity (Wildman–Crippen MR) is 134 cm³/mol. The minimum absolute atomic E-state index is 0.0442. The van der Waals surface area contributed by atoms with Crippen LogP contribution in [0, 0.1) is 0 Å². The van der Waals surface area contributed by atoms with Gasteiger partial charge in [-0.15, -0.1) is 0 Å². The summed E-state index contributed by atoms with van der Waals surface area (Å²) in [7, 11) is -3.15. The van der Waals surface area contributed by atoms with Gasteiger partial charge in [-0.25, -0.2) is 8.42 Å². The van der Waals surface area contributed by atoms with Crippen LogP contribution in [-0.2, 0) is 21.3 Å². The summed E-state index contributed by atoms with van der Waals surface area (Å²) in [6, 6.07) is 14.3. The van der Waals surface area contributed by atoms with Crippen LogP contribution in [0.3, 0.4) is 0 Å². The number of para-hydroxylation sites is 1. The fraction of sp³-hybridized carbons (Fsp3) is 0.440. The summed E-state index contributed by atoms with van der Waals surface area (Å²) < 4.78 is 30.4. The second-order valence-corrected chi connectivity index (χ2v) is 11.0. The van der Waals surface area contributed by atoms with Crippen LogP contribution in [0.25, 0.3) is 0 Å². The van der Waals surface area contributed by atoms with Gasteiger partial charge in [-0.05, 0) is 42.7 Å². The Kier molecular flexibility index (Phi) is 8.17. The van der Waals surface area contributed by atoms with Crippen LogP contribution in [0.2, 0.25) is 0 Å². The highest BCUT2D eigenvalue weighted by molar-refractivity contribution is 7.88. The smallest absolute Gasteiger partial charge is 0.255 e. The number of anilines is 1. The number of piperazine rings is 1. The lowest BCUT2D eigenvalue weighted by Gasteiger charge is -2.33. The van der Waals surface area contributed by atoms with Gasteiger partial charge in [0.2, 0.25) is 10.0 Å². The Hall–Kier alpha value is -2.79. The second-order valence-electron chi connectivity index (χ2n) is 8.98. The molecule has 1 atom stereocenters. The van der Waals surface area contributed by atoms with Gasteiger partial charge in [-0.1, -0.05) is 24.3 Å². The normalized spacial score (nSPS) is 19.4. The maximum absolute atomic E-state index is 12.9. The molecule has 2 amide bonds. The molecule has 2 fully saturated rings. The minimum Gasteiger partial charge on any atom is -0.376 e. The van der Waals surface area contributed by atoms with Gasteiger partial charge in [0.25, 0.3) is 11.8 Å². The van der Waals surface area contributed by atoms with Crippen molar-refractivity contribution in [3.8, 4) is 0 Å². The lowest BCUT2D eigenvalue weighted by molar-refractivity contribution is 0.0858. The van der Waals surface area contributed by atoms with E-state index in [1.165, 1.54) is 10.6 Å². The first kappa shape index (κ1) is 25.3. The highest BCUT2D eigenvalue weighted by Gasteiger charge is 2.23. The predicted octanol–water partition coefficient (Wildman–Crippen LogP) is 1.92. The highest BCUT2D eigenvalue weighted by atomic mass is 32.2. The molecule has 0 bridgehead atoms. The van der Waals surface area contributed by atoms with Crippen molar-refractivity contribution in [3.05, 3.63) is 65.2 Å². The summed E-state index contributed by atoms with van der Waals surface area (Å²) in [4.78, 5) is 27.7. The molecule has 2 aliphatic rings. The first-order valence-electron chi connectivity index (χ1n) is 11.9. The standard InChI is InChI=1S/C25H32N4O5S/c1-35(32,33)29-14-12-28(13-15-29)18-19-8-10-20(11-9-19)24(30)27-23-7-3-2-6-22(23)25(31)26-17-21-5-4-16-34-21/h2-3,6-11,21H,4-5,12-18H2,1H3,(H,26,31)(H,27,30). The van der Waals surface area contributed by atoms with E-state index in [9.17, 15) is 18.0 Å². The Balaban J connectivity index is 1.32. The highest BCUT2D eigenvalue weighted by Crippen LogP contribution is 2.18. The molecule has 9 nitrogen and oxygen atoms in total. The molecule has 35 heavy (non-hydrogen) atoms. The molecule has 2 aromatic rings. The molecule has 2 aromatic carbocycles. The van der Waals surface area contributed by atoms with Crippen LogP contribution >= 0.6 is 0 Å². The van der Waals surface area contributed by atoms with Crippen LogP contribution in [0.5, 0.6) is 0 Å². The van der Waals surface area contributed by atoms with Gasteiger partial charge >= 0.3 is 0 Å². The molecule has 2 saturated heterocycles. The van der Waals surface area contributed by atoms with Gasteiger partial charge in [0, 0.05) is 51.4 Å². The number of carbonyl (C=O) groups is 2. The lowest BCUT2D eigenvalue weighted by Crippen LogP contribution is -2.47. The largest absolute Gasteiger partial charge is 0.376 e. The maximum Gasteiger partial charge on any atom is 0.255 e. The number of amides is 2. The Morgan fingerprint density at radius 2 is 1.71 bits per heavy atom. The lowest BCUT2D eigenvalue weighted by atomic mass is 10.1. The number of benzene rings is 2. The van der Waals surface area contributed by atoms with E-state index in [4.69, 9.17) is 4.74 Å². The van der Waals surface area contributed by atoms with Crippen molar-refractivity contribution in [3.63, 3.8) is 0 Å². The van der Waals surface area contributed by atoms with Crippen molar-refractivity contribution in [2.45, 2.75) is 25.5 Å². The topological polar surface area (TPSA) is 108 Å². The van der Waals surface area contributed by atoms with Gasteiger partial charge in [-0.2, -0.15) is 4.31 Å². The summed E-state index contributed by atoms with van der Waals surface area (Å²) >= 11 is 0. The molecule has 4 rings (SSSR count). The van der Waals surface area contributed by atoms with Gasteiger partial charge in [-0.3, -0.25) is 14.5 Å². The van der Waals surface area contributed by atoms with Crippen LogP contribution in [0.1, 0.15) is 39.1 Å². The molecule has 0 aliphatic carbocycles. The van der Waals surface area contributed by atoms with Gasteiger partial charge in [0.15, 0.2) is 0 Å². The zero-order chi connectivity index (χ0) is 24.8. The van der Waals surface area contributed by atoms with Crippen LogP contribution < -0.4 is 10.6 Å². The van der Waals surface area contributed by atoms with E-state index >= 15 is 0 Å². The SMILES string of the molecule is CS(=O)(=O)N1CCN(Cc2ccc(C(=O)Nc3ccccc3C(=O)NCC3CCCO3)cc2)CC1. The van der Waals surface area contributed by atoms with Gasteiger partial charge in [0.1, 0.15) is 0 Å². The second kappa shape index (κ2) is 11.3. The summed E-state index contributed by atoms with van der Waals surface area (Å²) in [5.41, 5.74) is 2.40. The van der Waals surface area contributed by atoms with Gasteiger partial charge in [0.05, 0.1) is 23.6 Å². The van der Waals surface area contributed by atoms with Crippen molar-refractivity contribution in [1.29, 1.82) is 0 Å². The van der Waals surface area contributed by atoms with Crippen molar-refractivity contribution < 1.29 is 22.7 Å². The molecule has 2 heterocycles. The van der Waals surface area contributed by atoms with Crippen molar-refractivity contribution in [1.82, 2.24) is 14.5 Å². The Morgan fingerprint density at radius 3 is 2.37 bits per heavy atom. The van der Waals surface area contributed by atoms with E-state index < -0.39 is 10.0 Å². The summed E-state index contributed by atoms with van der Waals surface area (Å²) in [6.07, 6.45) is 3.22. The maximum atomic E-state index is 12.9. The molecule has 188 valence electrons. The fourth-order valence-corrected chi connectivity index (χ4v) is 5.16. The zero-order valence-electron chi connectivity index (χ0n) is 19.9. The minimum atomic E-state index is -3.15. The first-order chi connectivity index (χ1) is 16.8. The van der Waals surface area contributed by atoms with Gasteiger partial charge < -0.3 is 15.4 Å². The first-order valence-corrected chi connectivity index (χ1v) is 13.7. The number of carbonyl (C=O) groups excluding carboxylic acids is 2. The van der Waals surface area contributed by atoms with E-state index in [-0.39, 0.29) is 17.9 Å². The monoisotopic (exact) mass is 500 g/mol. The van der Waals surface area contributed by atoms with E-state index in [0.29, 0.717) is 56.1 Å². The van der Waals surface area contributed by atoms with Crippen molar-refractivity contribution in [2.24, 2.45) is 0 Å². The summed E-state index contributed by atoms with van der Waals surface area (Å²) in [6.45, 7) is 4.17. The van der Waals surface area contributed by atoms with E-state index in [2.05, 4.69) is 15.5 Å². The summed E-state index contributed by atoms with van der Waals surface area (Å²) in [5, 5.41) is 5.75.